The molecule has 0 bridgehead atoms. The third-order valence-corrected chi connectivity index (χ3v) is 2.23. The average molecular weight is 259 g/mol. The molecule has 1 amide bonds. The van der Waals surface area contributed by atoms with Gasteiger partial charge in [-0.3, -0.25) is 4.79 Å². The van der Waals surface area contributed by atoms with Crippen LogP contribution in [0.2, 0.25) is 0 Å². The minimum Gasteiger partial charge on any atom is -0.497 e. The standard InChI is InChI=1S/C12H12F3NO2/c1-8(12(13,14)15)11(17)16-7-9-3-5-10(18-2)6-4-9/h3-6H,1,7H2,2H3,(H,16,17). The van der Waals surface area contributed by atoms with Crippen molar-refractivity contribution >= 4 is 5.91 Å². The number of methoxy groups -OCH3 is 1. The van der Waals surface area contributed by atoms with Crippen LogP contribution in [0.5, 0.6) is 5.75 Å². The van der Waals surface area contributed by atoms with Crippen LogP contribution in [0.3, 0.4) is 0 Å². The predicted octanol–water partition coefficient (Wildman–Crippen LogP) is 2.43. The largest absolute Gasteiger partial charge is 0.497 e. The molecule has 0 spiro atoms. The highest BCUT2D eigenvalue weighted by molar-refractivity contribution is 5.93. The molecule has 0 atom stereocenters. The first-order valence-corrected chi connectivity index (χ1v) is 5.02. The van der Waals surface area contributed by atoms with Gasteiger partial charge in [0.15, 0.2) is 0 Å². The molecule has 0 heterocycles. The molecule has 18 heavy (non-hydrogen) atoms. The van der Waals surface area contributed by atoms with E-state index in [4.69, 9.17) is 4.74 Å². The van der Waals surface area contributed by atoms with Crippen molar-refractivity contribution < 1.29 is 22.7 Å². The molecule has 0 aromatic heterocycles. The van der Waals surface area contributed by atoms with Crippen molar-refractivity contribution in [2.75, 3.05) is 7.11 Å². The van der Waals surface area contributed by atoms with Crippen molar-refractivity contribution in [3.05, 3.63) is 42.0 Å². The molecule has 0 saturated carbocycles. The van der Waals surface area contributed by atoms with Crippen molar-refractivity contribution in [3.63, 3.8) is 0 Å². The number of benzene rings is 1. The summed E-state index contributed by atoms with van der Waals surface area (Å²) in [6.07, 6.45) is -4.70. The Morgan fingerprint density at radius 2 is 1.89 bits per heavy atom. The summed E-state index contributed by atoms with van der Waals surface area (Å²) in [5, 5.41) is 2.14. The second-order valence-corrected chi connectivity index (χ2v) is 3.51. The highest BCUT2D eigenvalue weighted by Crippen LogP contribution is 2.23. The van der Waals surface area contributed by atoms with Crippen LogP contribution in [0.15, 0.2) is 36.4 Å². The SMILES string of the molecule is C=C(C(=O)NCc1ccc(OC)cc1)C(F)(F)F. The normalized spacial score (nSPS) is 10.9. The van der Waals surface area contributed by atoms with Gasteiger partial charge in [-0.05, 0) is 17.7 Å². The number of ether oxygens (including phenoxy) is 1. The third kappa shape index (κ3) is 3.80. The van der Waals surface area contributed by atoms with Crippen molar-refractivity contribution in [1.29, 1.82) is 0 Å². The Bertz CT molecular complexity index is 438. The molecule has 1 aromatic rings. The molecule has 0 aliphatic rings. The Balaban J connectivity index is 2.55. The number of carbonyl (C=O) groups is 1. The van der Waals surface area contributed by atoms with E-state index < -0.39 is 17.7 Å². The number of hydrogen-bond acceptors (Lipinski definition) is 2. The van der Waals surface area contributed by atoms with E-state index in [1.165, 1.54) is 7.11 Å². The summed E-state index contributed by atoms with van der Waals surface area (Å²) in [5.41, 5.74) is -0.741. The maximum Gasteiger partial charge on any atom is 0.421 e. The Labute approximate surface area is 102 Å². The van der Waals surface area contributed by atoms with Crippen LogP contribution in [0, 0.1) is 0 Å². The maximum absolute atomic E-state index is 12.1. The fraction of sp³-hybridized carbons (Fsp3) is 0.250. The van der Waals surface area contributed by atoms with Gasteiger partial charge in [-0.15, -0.1) is 0 Å². The first kappa shape index (κ1) is 14.1. The van der Waals surface area contributed by atoms with E-state index in [1.807, 2.05) is 0 Å². The number of rotatable bonds is 4. The van der Waals surface area contributed by atoms with Crippen molar-refractivity contribution in [1.82, 2.24) is 5.32 Å². The number of amides is 1. The van der Waals surface area contributed by atoms with E-state index in [0.717, 1.165) is 0 Å². The second-order valence-electron chi connectivity index (χ2n) is 3.51. The van der Waals surface area contributed by atoms with Gasteiger partial charge >= 0.3 is 6.18 Å². The molecule has 1 rings (SSSR count). The lowest BCUT2D eigenvalue weighted by atomic mass is 10.2. The van der Waals surface area contributed by atoms with Gasteiger partial charge in [0.05, 0.1) is 7.11 Å². The van der Waals surface area contributed by atoms with Crippen molar-refractivity contribution in [3.8, 4) is 5.75 Å². The van der Waals surface area contributed by atoms with Crippen LogP contribution in [-0.2, 0) is 11.3 Å². The quantitative estimate of drug-likeness (QED) is 0.843. The summed E-state index contributed by atoms with van der Waals surface area (Å²) in [6.45, 7) is 2.71. The molecule has 98 valence electrons. The van der Waals surface area contributed by atoms with Crippen LogP contribution in [0.1, 0.15) is 5.56 Å². The molecule has 6 heteroatoms. The van der Waals surface area contributed by atoms with Crippen LogP contribution in [0.4, 0.5) is 13.2 Å². The van der Waals surface area contributed by atoms with Gasteiger partial charge < -0.3 is 10.1 Å². The number of halogens is 3. The fourth-order valence-electron chi connectivity index (χ4n) is 1.16. The number of alkyl halides is 3. The van der Waals surface area contributed by atoms with Crippen LogP contribution >= 0.6 is 0 Å². The van der Waals surface area contributed by atoms with Crippen LogP contribution < -0.4 is 10.1 Å². The second kappa shape index (κ2) is 5.57. The molecule has 0 fully saturated rings. The van der Waals surface area contributed by atoms with E-state index in [-0.39, 0.29) is 6.54 Å². The van der Waals surface area contributed by atoms with Crippen LogP contribution in [0.25, 0.3) is 0 Å². The van der Waals surface area contributed by atoms with E-state index in [0.29, 0.717) is 11.3 Å². The van der Waals surface area contributed by atoms with E-state index in [9.17, 15) is 18.0 Å². The fourth-order valence-corrected chi connectivity index (χ4v) is 1.16. The lowest BCUT2D eigenvalue weighted by Crippen LogP contribution is -2.30. The number of hydrogen-bond donors (Lipinski definition) is 1. The van der Waals surface area contributed by atoms with Gasteiger partial charge in [0.25, 0.3) is 5.91 Å². The van der Waals surface area contributed by atoms with Gasteiger partial charge in [0.2, 0.25) is 0 Å². The Hall–Kier alpha value is -1.98. The summed E-state index contributed by atoms with van der Waals surface area (Å²) in [4.78, 5) is 11.1. The molecule has 0 aliphatic heterocycles. The molecular formula is C12H12F3NO2. The van der Waals surface area contributed by atoms with Crippen molar-refractivity contribution in [2.45, 2.75) is 12.7 Å². The zero-order valence-corrected chi connectivity index (χ0v) is 9.67. The molecule has 0 radical (unpaired) electrons. The molecule has 1 N–H and O–H groups in total. The molecule has 1 aromatic carbocycles. The van der Waals surface area contributed by atoms with Gasteiger partial charge in [0, 0.05) is 6.54 Å². The molecule has 0 aliphatic carbocycles. The van der Waals surface area contributed by atoms with Gasteiger partial charge in [-0.1, -0.05) is 18.7 Å². The minimum absolute atomic E-state index is 0.00206. The number of carbonyl (C=O) groups excluding carboxylic acids is 1. The zero-order valence-electron chi connectivity index (χ0n) is 9.67. The monoisotopic (exact) mass is 259 g/mol. The number of nitrogens with one attached hydrogen (secondary N) is 1. The minimum atomic E-state index is -4.70. The van der Waals surface area contributed by atoms with E-state index in [2.05, 4.69) is 11.9 Å². The summed E-state index contributed by atoms with van der Waals surface area (Å²) in [7, 11) is 1.50. The van der Waals surface area contributed by atoms with Gasteiger partial charge in [-0.25, -0.2) is 0 Å². The zero-order chi connectivity index (χ0) is 13.8. The Morgan fingerprint density at radius 3 is 2.33 bits per heavy atom. The Morgan fingerprint density at radius 1 is 1.33 bits per heavy atom. The summed E-state index contributed by atoms with van der Waals surface area (Å²) >= 11 is 0. The van der Waals surface area contributed by atoms with Crippen molar-refractivity contribution in [2.24, 2.45) is 0 Å². The summed E-state index contributed by atoms with van der Waals surface area (Å²) < 4.78 is 41.4. The van der Waals surface area contributed by atoms with Gasteiger partial charge in [0.1, 0.15) is 11.3 Å². The Kier molecular flexibility index (Phi) is 4.36. The highest BCUT2D eigenvalue weighted by atomic mass is 19.4. The van der Waals surface area contributed by atoms with E-state index >= 15 is 0 Å². The lowest BCUT2D eigenvalue weighted by Gasteiger charge is -2.10. The third-order valence-electron chi connectivity index (χ3n) is 2.23. The summed E-state index contributed by atoms with van der Waals surface area (Å²) in [5.74, 6) is -0.594. The average Bonchev–Trinajstić information content (AvgIpc) is 2.34. The van der Waals surface area contributed by atoms with Gasteiger partial charge in [-0.2, -0.15) is 13.2 Å². The predicted molar refractivity (Wildman–Crippen MR) is 60.0 cm³/mol. The first-order valence-electron chi connectivity index (χ1n) is 5.02. The molecule has 3 nitrogen and oxygen atoms in total. The lowest BCUT2D eigenvalue weighted by molar-refractivity contribution is -0.130. The molecular weight excluding hydrogens is 247 g/mol. The topological polar surface area (TPSA) is 38.3 Å². The molecule has 0 saturated heterocycles. The molecule has 0 unspecified atom stereocenters. The van der Waals surface area contributed by atoms with Crippen LogP contribution in [-0.4, -0.2) is 19.2 Å². The smallest absolute Gasteiger partial charge is 0.421 e. The summed E-state index contributed by atoms with van der Waals surface area (Å²) in [6, 6.07) is 6.60. The first-order chi connectivity index (χ1) is 8.34. The highest BCUT2D eigenvalue weighted by Gasteiger charge is 2.36. The van der Waals surface area contributed by atoms with E-state index in [1.54, 1.807) is 24.3 Å². The maximum atomic E-state index is 12.1.